The maximum absolute atomic E-state index is 13.5. The van der Waals surface area contributed by atoms with Gasteiger partial charge < -0.3 is 5.73 Å². The Bertz CT molecular complexity index is 368. The number of hydrogen-bond acceptors (Lipinski definition) is 1. The van der Waals surface area contributed by atoms with Crippen molar-refractivity contribution in [3.8, 4) is 0 Å². The van der Waals surface area contributed by atoms with Crippen molar-refractivity contribution in [2.75, 3.05) is 0 Å². The van der Waals surface area contributed by atoms with Gasteiger partial charge in [0.05, 0.1) is 0 Å². The largest absolute Gasteiger partial charge is 0.327 e. The van der Waals surface area contributed by atoms with Crippen molar-refractivity contribution in [3.63, 3.8) is 0 Å². The quantitative estimate of drug-likeness (QED) is 0.835. The average molecular weight is 251 g/mol. The third kappa shape index (κ3) is 5.63. The minimum atomic E-state index is -0.142. The lowest BCUT2D eigenvalue weighted by Crippen LogP contribution is -2.27. The molecule has 0 fully saturated rings. The van der Waals surface area contributed by atoms with Crippen LogP contribution in [0.1, 0.15) is 46.1 Å². The zero-order chi connectivity index (χ0) is 13.8. The van der Waals surface area contributed by atoms with Gasteiger partial charge in [-0.25, -0.2) is 4.39 Å². The van der Waals surface area contributed by atoms with Gasteiger partial charge in [-0.3, -0.25) is 0 Å². The van der Waals surface area contributed by atoms with E-state index in [1.54, 1.807) is 6.07 Å². The van der Waals surface area contributed by atoms with Crippen LogP contribution in [0.4, 0.5) is 4.39 Å². The van der Waals surface area contributed by atoms with Gasteiger partial charge in [0, 0.05) is 6.04 Å². The summed E-state index contributed by atoms with van der Waals surface area (Å²) in [5.41, 5.74) is 7.19. The van der Waals surface area contributed by atoms with Gasteiger partial charge in [-0.15, -0.1) is 0 Å². The molecular weight excluding hydrogens is 225 g/mol. The number of benzene rings is 1. The third-order valence-electron chi connectivity index (χ3n) is 3.11. The van der Waals surface area contributed by atoms with Crippen LogP contribution in [0.25, 0.3) is 0 Å². The van der Waals surface area contributed by atoms with E-state index in [-0.39, 0.29) is 11.9 Å². The standard InChI is InChI=1S/C16H26FN/c1-12(11-16(2,3)4)9-14(18)10-13-7-5-6-8-15(13)17/h5-8,12,14H,9-11,18H2,1-4H3. The van der Waals surface area contributed by atoms with Crippen molar-refractivity contribution in [2.24, 2.45) is 17.1 Å². The normalized spacial score (nSPS) is 15.4. The molecule has 1 nitrogen and oxygen atoms in total. The van der Waals surface area contributed by atoms with Crippen LogP contribution in [0.5, 0.6) is 0 Å². The highest BCUT2D eigenvalue weighted by molar-refractivity contribution is 5.18. The first-order valence-corrected chi connectivity index (χ1v) is 6.77. The van der Waals surface area contributed by atoms with Crippen molar-refractivity contribution < 1.29 is 4.39 Å². The van der Waals surface area contributed by atoms with Crippen molar-refractivity contribution in [3.05, 3.63) is 35.6 Å². The summed E-state index contributed by atoms with van der Waals surface area (Å²) in [4.78, 5) is 0. The summed E-state index contributed by atoms with van der Waals surface area (Å²) in [6.07, 6.45) is 2.73. The monoisotopic (exact) mass is 251 g/mol. The molecule has 0 saturated heterocycles. The number of rotatable bonds is 5. The highest BCUT2D eigenvalue weighted by Crippen LogP contribution is 2.27. The maximum atomic E-state index is 13.5. The van der Waals surface area contributed by atoms with Crippen molar-refractivity contribution in [1.29, 1.82) is 0 Å². The summed E-state index contributed by atoms with van der Waals surface area (Å²) >= 11 is 0. The van der Waals surface area contributed by atoms with E-state index in [9.17, 15) is 4.39 Å². The van der Waals surface area contributed by atoms with Crippen molar-refractivity contribution in [2.45, 2.75) is 53.0 Å². The summed E-state index contributed by atoms with van der Waals surface area (Å²) < 4.78 is 13.5. The lowest BCUT2D eigenvalue weighted by molar-refractivity contribution is 0.285. The first-order chi connectivity index (χ1) is 8.28. The van der Waals surface area contributed by atoms with Gasteiger partial charge in [0.1, 0.15) is 5.82 Å². The van der Waals surface area contributed by atoms with Crippen LogP contribution in [0, 0.1) is 17.2 Å². The Morgan fingerprint density at radius 2 is 1.83 bits per heavy atom. The van der Waals surface area contributed by atoms with Crippen LogP contribution >= 0.6 is 0 Å². The van der Waals surface area contributed by atoms with E-state index in [4.69, 9.17) is 5.73 Å². The van der Waals surface area contributed by atoms with Gasteiger partial charge in [0.15, 0.2) is 0 Å². The molecule has 0 radical (unpaired) electrons. The molecule has 1 rings (SSSR count). The van der Waals surface area contributed by atoms with E-state index < -0.39 is 0 Å². The summed E-state index contributed by atoms with van der Waals surface area (Å²) in [6.45, 7) is 8.95. The van der Waals surface area contributed by atoms with E-state index in [2.05, 4.69) is 27.7 Å². The highest BCUT2D eigenvalue weighted by atomic mass is 19.1. The Morgan fingerprint density at radius 3 is 2.39 bits per heavy atom. The van der Waals surface area contributed by atoms with Crippen LogP contribution in [0.15, 0.2) is 24.3 Å². The Balaban J connectivity index is 2.47. The molecular formula is C16H26FN. The van der Waals surface area contributed by atoms with Gasteiger partial charge in [0.25, 0.3) is 0 Å². The molecule has 0 saturated carbocycles. The topological polar surface area (TPSA) is 26.0 Å². The number of halogens is 1. The molecule has 2 atom stereocenters. The second-order valence-corrected chi connectivity index (χ2v) is 6.66. The van der Waals surface area contributed by atoms with Crippen LogP contribution in [0.2, 0.25) is 0 Å². The summed E-state index contributed by atoms with van der Waals surface area (Å²) in [7, 11) is 0. The molecule has 102 valence electrons. The number of hydrogen-bond donors (Lipinski definition) is 1. The molecule has 1 aromatic carbocycles. The second-order valence-electron chi connectivity index (χ2n) is 6.66. The minimum Gasteiger partial charge on any atom is -0.327 e. The summed E-state index contributed by atoms with van der Waals surface area (Å²) in [6, 6.07) is 6.94. The molecule has 18 heavy (non-hydrogen) atoms. The molecule has 0 aliphatic carbocycles. The lowest BCUT2D eigenvalue weighted by atomic mass is 9.82. The first-order valence-electron chi connectivity index (χ1n) is 6.77. The average Bonchev–Trinajstić information content (AvgIpc) is 2.18. The number of nitrogens with two attached hydrogens (primary N) is 1. The van der Waals surface area contributed by atoms with E-state index in [1.165, 1.54) is 6.07 Å². The minimum absolute atomic E-state index is 0.0410. The summed E-state index contributed by atoms with van der Waals surface area (Å²) in [5.74, 6) is 0.434. The van der Waals surface area contributed by atoms with Gasteiger partial charge in [-0.1, -0.05) is 45.9 Å². The fourth-order valence-corrected chi connectivity index (χ4v) is 2.68. The fraction of sp³-hybridized carbons (Fsp3) is 0.625. The zero-order valence-electron chi connectivity index (χ0n) is 12.0. The van der Waals surface area contributed by atoms with E-state index in [0.717, 1.165) is 18.4 Å². The lowest BCUT2D eigenvalue weighted by Gasteiger charge is -2.25. The van der Waals surface area contributed by atoms with Gasteiger partial charge >= 0.3 is 0 Å². The molecule has 0 spiro atoms. The van der Waals surface area contributed by atoms with Crippen LogP contribution in [-0.4, -0.2) is 6.04 Å². The fourth-order valence-electron chi connectivity index (χ4n) is 2.68. The van der Waals surface area contributed by atoms with Gasteiger partial charge in [0.2, 0.25) is 0 Å². The first kappa shape index (κ1) is 15.2. The SMILES string of the molecule is CC(CC(N)Cc1ccccc1F)CC(C)(C)C. The Morgan fingerprint density at radius 1 is 1.22 bits per heavy atom. The van der Waals surface area contributed by atoms with E-state index >= 15 is 0 Å². The van der Waals surface area contributed by atoms with Crippen LogP contribution in [-0.2, 0) is 6.42 Å². The summed E-state index contributed by atoms with van der Waals surface area (Å²) in [5, 5.41) is 0. The molecule has 2 unspecified atom stereocenters. The predicted octanol–water partition coefficient (Wildman–Crippen LogP) is 4.16. The molecule has 0 bridgehead atoms. The molecule has 2 N–H and O–H groups in total. The molecule has 0 aliphatic rings. The highest BCUT2D eigenvalue weighted by Gasteiger charge is 2.18. The maximum Gasteiger partial charge on any atom is 0.126 e. The van der Waals surface area contributed by atoms with E-state index in [1.807, 2.05) is 12.1 Å². The Kier molecular flexibility index (Phi) is 5.33. The van der Waals surface area contributed by atoms with Crippen molar-refractivity contribution >= 4 is 0 Å². The van der Waals surface area contributed by atoms with E-state index in [0.29, 0.717) is 17.8 Å². The third-order valence-corrected chi connectivity index (χ3v) is 3.11. The molecule has 1 aromatic rings. The van der Waals surface area contributed by atoms with Gasteiger partial charge in [-0.05, 0) is 42.2 Å². The molecule has 0 aliphatic heterocycles. The zero-order valence-corrected chi connectivity index (χ0v) is 12.0. The molecule has 0 heterocycles. The Hall–Kier alpha value is -0.890. The molecule has 0 aromatic heterocycles. The smallest absolute Gasteiger partial charge is 0.126 e. The van der Waals surface area contributed by atoms with Gasteiger partial charge in [-0.2, -0.15) is 0 Å². The molecule has 0 amide bonds. The van der Waals surface area contributed by atoms with Crippen LogP contribution < -0.4 is 5.73 Å². The predicted molar refractivity (Wildman–Crippen MR) is 75.9 cm³/mol. The van der Waals surface area contributed by atoms with Crippen LogP contribution in [0.3, 0.4) is 0 Å². The Labute approximate surface area is 111 Å². The van der Waals surface area contributed by atoms with Crippen molar-refractivity contribution in [1.82, 2.24) is 0 Å². The second kappa shape index (κ2) is 6.33. The molecule has 2 heteroatoms.